The molecule has 1 aromatic carbocycles. The van der Waals surface area contributed by atoms with Crippen molar-refractivity contribution in [2.45, 2.75) is 25.4 Å². The van der Waals surface area contributed by atoms with Gasteiger partial charge >= 0.3 is 0 Å². The number of ether oxygens (including phenoxy) is 2. The largest absolute Gasteiger partial charge is 0.495 e. The summed E-state index contributed by atoms with van der Waals surface area (Å²) in [6.07, 6.45) is 3.40. The van der Waals surface area contributed by atoms with Crippen molar-refractivity contribution in [3.05, 3.63) is 17.9 Å². The van der Waals surface area contributed by atoms with E-state index in [1.165, 1.54) is 13.2 Å². The molecule has 3 N–H and O–H groups in total. The van der Waals surface area contributed by atoms with Crippen molar-refractivity contribution in [3.63, 3.8) is 0 Å². The van der Waals surface area contributed by atoms with Crippen LogP contribution in [0.15, 0.2) is 12.1 Å². The molecule has 100 valence electrons. The van der Waals surface area contributed by atoms with Crippen molar-refractivity contribution in [2.24, 2.45) is 0 Å². The highest BCUT2D eigenvalue weighted by molar-refractivity contribution is 5.62. The van der Waals surface area contributed by atoms with Crippen LogP contribution in [0.25, 0.3) is 0 Å². The molecule has 0 spiro atoms. The van der Waals surface area contributed by atoms with Gasteiger partial charge in [0.2, 0.25) is 0 Å². The van der Waals surface area contributed by atoms with E-state index in [-0.39, 0.29) is 5.82 Å². The molecule has 1 fully saturated rings. The Hall–Kier alpha value is -1.49. The van der Waals surface area contributed by atoms with Gasteiger partial charge < -0.3 is 20.5 Å². The zero-order valence-corrected chi connectivity index (χ0v) is 10.5. The van der Waals surface area contributed by atoms with Gasteiger partial charge in [-0.3, -0.25) is 0 Å². The molecule has 0 bridgehead atoms. The Bertz CT molecular complexity index is 406. The fourth-order valence-electron chi connectivity index (χ4n) is 2.12. The molecular formula is C13H19FN2O2. The van der Waals surface area contributed by atoms with Gasteiger partial charge in [0, 0.05) is 25.3 Å². The Morgan fingerprint density at radius 1 is 1.56 bits per heavy atom. The number of hydrogen-bond acceptors (Lipinski definition) is 4. The smallest absolute Gasteiger partial charge is 0.148 e. The molecule has 0 saturated carbocycles. The highest BCUT2D eigenvalue weighted by atomic mass is 19.1. The molecule has 1 heterocycles. The lowest BCUT2D eigenvalue weighted by molar-refractivity contribution is 0.107. The van der Waals surface area contributed by atoms with E-state index in [9.17, 15) is 4.39 Å². The average Bonchev–Trinajstić information content (AvgIpc) is 2.85. The first-order valence-electron chi connectivity index (χ1n) is 6.19. The van der Waals surface area contributed by atoms with E-state index < -0.39 is 0 Å². The Morgan fingerprint density at radius 2 is 2.39 bits per heavy atom. The third kappa shape index (κ3) is 3.04. The second kappa shape index (κ2) is 5.91. The summed E-state index contributed by atoms with van der Waals surface area (Å²) in [4.78, 5) is 0. The van der Waals surface area contributed by atoms with Crippen molar-refractivity contribution in [3.8, 4) is 5.75 Å². The first-order valence-corrected chi connectivity index (χ1v) is 6.19. The molecule has 1 aromatic rings. The van der Waals surface area contributed by atoms with E-state index in [0.29, 0.717) is 29.8 Å². The van der Waals surface area contributed by atoms with Gasteiger partial charge in [0.05, 0.1) is 24.6 Å². The third-order valence-corrected chi connectivity index (χ3v) is 3.13. The minimum atomic E-state index is -0.361. The summed E-state index contributed by atoms with van der Waals surface area (Å²) < 4.78 is 24.2. The summed E-state index contributed by atoms with van der Waals surface area (Å²) in [5.41, 5.74) is 6.34. The summed E-state index contributed by atoms with van der Waals surface area (Å²) in [5, 5.41) is 3.05. The van der Waals surface area contributed by atoms with Crippen LogP contribution in [-0.2, 0) is 4.74 Å². The Kier molecular flexibility index (Phi) is 4.25. The van der Waals surface area contributed by atoms with Crippen LogP contribution >= 0.6 is 0 Å². The molecule has 1 saturated heterocycles. The van der Waals surface area contributed by atoms with Gasteiger partial charge in [0.1, 0.15) is 11.6 Å². The van der Waals surface area contributed by atoms with Crippen molar-refractivity contribution in [1.29, 1.82) is 0 Å². The first-order chi connectivity index (χ1) is 8.70. The van der Waals surface area contributed by atoms with E-state index in [4.69, 9.17) is 15.2 Å². The zero-order chi connectivity index (χ0) is 13.0. The third-order valence-electron chi connectivity index (χ3n) is 3.13. The number of benzene rings is 1. The molecule has 2 rings (SSSR count). The van der Waals surface area contributed by atoms with Crippen LogP contribution < -0.4 is 15.8 Å². The molecule has 18 heavy (non-hydrogen) atoms. The average molecular weight is 254 g/mol. The quantitative estimate of drug-likeness (QED) is 0.792. The summed E-state index contributed by atoms with van der Waals surface area (Å²) in [7, 11) is 1.51. The number of nitrogens with two attached hydrogens (primary N) is 1. The van der Waals surface area contributed by atoms with E-state index in [1.807, 2.05) is 0 Å². The maximum atomic E-state index is 13.6. The molecule has 0 radical (unpaired) electrons. The lowest BCUT2D eigenvalue weighted by atomic mass is 10.2. The van der Waals surface area contributed by atoms with Gasteiger partial charge in [0.15, 0.2) is 0 Å². The van der Waals surface area contributed by atoms with Crippen molar-refractivity contribution in [2.75, 3.05) is 31.3 Å². The van der Waals surface area contributed by atoms with Crippen LogP contribution in [0.5, 0.6) is 5.75 Å². The SMILES string of the molecule is COc1cc(NCCC2CCCO2)c(F)cc1N. The minimum Gasteiger partial charge on any atom is -0.495 e. The molecule has 1 atom stereocenters. The minimum absolute atomic E-state index is 0.302. The van der Waals surface area contributed by atoms with Crippen molar-refractivity contribution >= 4 is 11.4 Å². The fraction of sp³-hybridized carbons (Fsp3) is 0.538. The van der Waals surface area contributed by atoms with Gasteiger partial charge in [-0.25, -0.2) is 4.39 Å². The molecule has 1 aliphatic rings. The second-order valence-electron chi connectivity index (χ2n) is 4.42. The summed E-state index contributed by atoms with van der Waals surface area (Å²) in [5.74, 6) is 0.122. The highest BCUT2D eigenvalue weighted by Crippen LogP contribution is 2.28. The summed E-state index contributed by atoms with van der Waals surface area (Å²) in [6, 6.07) is 2.85. The van der Waals surface area contributed by atoms with Gasteiger partial charge in [-0.05, 0) is 19.3 Å². The first kappa shape index (κ1) is 13.0. The standard InChI is InChI=1S/C13H19FN2O2/c1-17-13-8-12(10(14)7-11(13)15)16-5-4-9-3-2-6-18-9/h7-9,16H,2-6,15H2,1H3. The monoisotopic (exact) mass is 254 g/mol. The Morgan fingerprint density at radius 3 is 3.06 bits per heavy atom. The van der Waals surface area contributed by atoms with Gasteiger partial charge in [-0.2, -0.15) is 0 Å². The second-order valence-corrected chi connectivity index (χ2v) is 4.42. The van der Waals surface area contributed by atoms with Gasteiger partial charge in [0.25, 0.3) is 0 Å². The number of rotatable bonds is 5. The molecule has 0 aromatic heterocycles. The molecule has 4 nitrogen and oxygen atoms in total. The van der Waals surface area contributed by atoms with Crippen LogP contribution in [0.3, 0.4) is 0 Å². The van der Waals surface area contributed by atoms with E-state index >= 15 is 0 Å². The van der Waals surface area contributed by atoms with Crippen LogP contribution in [0.4, 0.5) is 15.8 Å². The topological polar surface area (TPSA) is 56.5 Å². The number of hydrogen-bond donors (Lipinski definition) is 2. The number of methoxy groups -OCH3 is 1. The molecule has 1 aliphatic heterocycles. The molecule has 1 unspecified atom stereocenters. The van der Waals surface area contributed by atoms with Crippen molar-refractivity contribution < 1.29 is 13.9 Å². The lowest BCUT2D eigenvalue weighted by Crippen LogP contribution is -2.13. The number of anilines is 2. The summed E-state index contributed by atoms with van der Waals surface area (Å²) in [6.45, 7) is 1.52. The predicted molar refractivity (Wildman–Crippen MR) is 69.4 cm³/mol. The number of halogens is 1. The van der Waals surface area contributed by atoms with Crippen LogP contribution in [0, 0.1) is 5.82 Å². The van der Waals surface area contributed by atoms with Crippen LogP contribution in [0.2, 0.25) is 0 Å². The zero-order valence-electron chi connectivity index (χ0n) is 10.5. The van der Waals surface area contributed by atoms with E-state index in [1.54, 1.807) is 6.07 Å². The number of nitrogens with one attached hydrogen (secondary N) is 1. The number of nitrogen functional groups attached to an aromatic ring is 1. The Balaban J connectivity index is 1.91. The van der Waals surface area contributed by atoms with Crippen LogP contribution in [-0.4, -0.2) is 26.4 Å². The lowest BCUT2D eigenvalue weighted by Gasteiger charge is -2.13. The molecule has 0 amide bonds. The highest BCUT2D eigenvalue weighted by Gasteiger charge is 2.15. The maximum absolute atomic E-state index is 13.6. The fourth-order valence-corrected chi connectivity index (χ4v) is 2.12. The Labute approximate surface area is 106 Å². The molecule has 5 heteroatoms. The molecule has 0 aliphatic carbocycles. The van der Waals surface area contributed by atoms with Crippen LogP contribution in [0.1, 0.15) is 19.3 Å². The van der Waals surface area contributed by atoms with E-state index in [2.05, 4.69) is 5.32 Å². The maximum Gasteiger partial charge on any atom is 0.148 e. The molecular weight excluding hydrogens is 235 g/mol. The van der Waals surface area contributed by atoms with E-state index in [0.717, 1.165) is 25.9 Å². The van der Waals surface area contributed by atoms with Crippen molar-refractivity contribution in [1.82, 2.24) is 0 Å². The predicted octanol–water partition coefficient (Wildman–Crippen LogP) is 2.40. The van der Waals surface area contributed by atoms with Gasteiger partial charge in [-0.15, -0.1) is 0 Å². The summed E-state index contributed by atoms with van der Waals surface area (Å²) >= 11 is 0. The normalized spacial score (nSPS) is 18.9. The van der Waals surface area contributed by atoms with Gasteiger partial charge in [-0.1, -0.05) is 0 Å².